The standard InChI is InChI=1S/C17H32O3/c1-9-10-14(11-16(4,5)6)15(18)20-17(7,8)12-19-13(2)3/h9-10,13-14H,11-12H2,1-8H3. The quantitative estimate of drug-likeness (QED) is 0.514. The van der Waals surface area contributed by atoms with Gasteiger partial charge >= 0.3 is 5.97 Å². The Morgan fingerprint density at radius 1 is 1.15 bits per heavy atom. The first kappa shape index (κ1) is 19.2. The first-order chi connectivity index (χ1) is 8.97. The smallest absolute Gasteiger partial charge is 0.313 e. The largest absolute Gasteiger partial charge is 0.457 e. The molecular formula is C17H32O3. The Bertz CT molecular complexity index is 322. The third-order valence-corrected chi connectivity index (χ3v) is 2.70. The van der Waals surface area contributed by atoms with Crippen molar-refractivity contribution in [3.63, 3.8) is 0 Å². The molecule has 0 amide bonds. The van der Waals surface area contributed by atoms with Crippen molar-refractivity contribution in [1.82, 2.24) is 0 Å². The molecular weight excluding hydrogens is 252 g/mol. The first-order valence-corrected chi connectivity index (χ1v) is 7.44. The van der Waals surface area contributed by atoms with Gasteiger partial charge in [-0.25, -0.2) is 0 Å². The van der Waals surface area contributed by atoms with Gasteiger partial charge in [-0.1, -0.05) is 32.9 Å². The number of ether oxygens (including phenoxy) is 2. The van der Waals surface area contributed by atoms with E-state index < -0.39 is 5.60 Å². The van der Waals surface area contributed by atoms with Gasteiger partial charge in [0.25, 0.3) is 0 Å². The molecule has 20 heavy (non-hydrogen) atoms. The highest BCUT2D eigenvalue weighted by molar-refractivity contribution is 5.75. The zero-order valence-electron chi connectivity index (χ0n) is 14.4. The molecule has 0 spiro atoms. The molecule has 0 saturated heterocycles. The van der Waals surface area contributed by atoms with E-state index >= 15 is 0 Å². The average molecular weight is 284 g/mol. The second kappa shape index (κ2) is 7.82. The fourth-order valence-electron chi connectivity index (χ4n) is 1.87. The molecule has 0 bridgehead atoms. The molecule has 0 heterocycles. The van der Waals surface area contributed by atoms with Crippen molar-refractivity contribution in [2.75, 3.05) is 6.61 Å². The van der Waals surface area contributed by atoms with Gasteiger partial charge in [0.1, 0.15) is 5.60 Å². The predicted molar refractivity (Wildman–Crippen MR) is 83.6 cm³/mol. The summed E-state index contributed by atoms with van der Waals surface area (Å²) in [5.74, 6) is -0.367. The molecule has 1 unspecified atom stereocenters. The number of rotatable bonds is 7. The molecule has 118 valence electrons. The van der Waals surface area contributed by atoms with Crippen LogP contribution < -0.4 is 0 Å². The Labute approximate surface area is 124 Å². The summed E-state index contributed by atoms with van der Waals surface area (Å²) in [5, 5.41) is 0. The fraction of sp³-hybridized carbons (Fsp3) is 0.824. The van der Waals surface area contributed by atoms with E-state index in [4.69, 9.17) is 9.47 Å². The van der Waals surface area contributed by atoms with Crippen LogP contribution in [0.15, 0.2) is 12.2 Å². The predicted octanol–water partition coefficient (Wildman–Crippen LogP) is 4.36. The average Bonchev–Trinajstić information content (AvgIpc) is 2.23. The lowest BCUT2D eigenvalue weighted by Gasteiger charge is -2.29. The number of hydrogen-bond donors (Lipinski definition) is 0. The maximum absolute atomic E-state index is 12.3. The molecule has 0 aromatic rings. The van der Waals surface area contributed by atoms with Gasteiger partial charge in [0.15, 0.2) is 0 Å². The molecule has 0 radical (unpaired) electrons. The van der Waals surface area contributed by atoms with Crippen LogP contribution in [0.2, 0.25) is 0 Å². The minimum absolute atomic E-state index is 0.0851. The van der Waals surface area contributed by atoms with Gasteiger partial charge in [0.05, 0.1) is 18.6 Å². The number of hydrogen-bond acceptors (Lipinski definition) is 3. The Hall–Kier alpha value is -0.830. The monoisotopic (exact) mass is 284 g/mol. The van der Waals surface area contributed by atoms with Crippen molar-refractivity contribution in [3.8, 4) is 0 Å². The lowest BCUT2D eigenvalue weighted by atomic mass is 9.84. The summed E-state index contributed by atoms with van der Waals surface area (Å²) in [5.41, 5.74) is -0.513. The van der Waals surface area contributed by atoms with Crippen LogP contribution in [0, 0.1) is 11.3 Å². The van der Waals surface area contributed by atoms with Crippen molar-refractivity contribution >= 4 is 5.97 Å². The topological polar surface area (TPSA) is 35.5 Å². The summed E-state index contributed by atoms with van der Waals surface area (Å²) < 4.78 is 11.2. The van der Waals surface area contributed by atoms with Crippen LogP contribution in [0.3, 0.4) is 0 Å². The van der Waals surface area contributed by atoms with Gasteiger partial charge < -0.3 is 9.47 Å². The summed E-state index contributed by atoms with van der Waals surface area (Å²) in [7, 11) is 0. The molecule has 0 aliphatic rings. The van der Waals surface area contributed by atoms with Gasteiger partial charge in [-0.2, -0.15) is 0 Å². The second-order valence-corrected chi connectivity index (χ2v) is 7.44. The third-order valence-electron chi connectivity index (χ3n) is 2.70. The minimum atomic E-state index is -0.598. The van der Waals surface area contributed by atoms with Crippen LogP contribution in [0.4, 0.5) is 0 Å². The van der Waals surface area contributed by atoms with Crippen molar-refractivity contribution in [1.29, 1.82) is 0 Å². The highest BCUT2D eigenvalue weighted by Crippen LogP contribution is 2.27. The van der Waals surface area contributed by atoms with Gasteiger partial charge in [0.2, 0.25) is 0 Å². The molecule has 0 rings (SSSR count). The van der Waals surface area contributed by atoms with Gasteiger partial charge in [-0.15, -0.1) is 0 Å². The summed E-state index contributed by atoms with van der Waals surface area (Å²) in [4.78, 5) is 12.3. The highest BCUT2D eigenvalue weighted by Gasteiger charge is 2.30. The fourth-order valence-corrected chi connectivity index (χ4v) is 1.87. The lowest BCUT2D eigenvalue weighted by Crippen LogP contribution is -2.37. The molecule has 0 fully saturated rings. The first-order valence-electron chi connectivity index (χ1n) is 7.44. The van der Waals surface area contributed by atoms with Crippen molar-refractivity contribution < 1.29 is 14.3 Å². The molecule has 3 heteroatoms. The molecule has 3 nitrogen and oxygen atoms in total. The van der Waals surface area contributed by atoms with E-state index in [1.807, 2.05) is 46.8 Å². The van der Waals surface area contributed by atoms with E-state index in [-0.39, 0.29) is 23.4 Å². The van der Waals surface area contributed by atoms with Crippen molar-refractivity contribution in [3.05, 3.63) is 12.2 Å². The molecule has 0 aromatic heterocycles. The van der Waals surface area contributed by atoms with E-state index in [1.54, 1.807) is 0 Å². The zero-order valence-corrected chi connectivity index (χ0v) is 14.4. The SMILES string of the molecule is CC=CC(CC(C)(C)C)C(=O)OC(C)(C)COC(C)C. The Balaban J connectivity index is 4.67. The normalized spacial score (nSPS) is 14.8. The van der Waals surface area contributed by atoms with E-state index in [9.17, 15) is 4.79 Å². The number of carbonyl (C=O) groups is 1. The molecule has 1 atom stereocenters. The number of esters is 1. The van der Waals surface area contributed by atoms with Gasteiger partial charge in [-0.05, 0) is 46.5 Å². The van der Waals surface area contributed by atoms with E-state index in [1.165, 1.54) is 0 Å². The summed E-state index contributed by atoms with van der Waals surface area (Å²) in [6.45, 7) is 16.4. The molecule has 0 N–H and O–H groups in total. The van der Waals surface area contributed by atoms with Crippen LogP contribution in [-0.4, -0.2) is 24.3 Å². The Morgan fingerprint density at radius 3 is 2.10 bits per heavy atom. The molecule has 0 aliphatic heterocycles. The maximum Gasteiger partial charge on any atom is 0.313 e. The Morgan fingerprint density at radius 2 is 1.70 bits per heavy atom. The Kier molecular flexibility index (Phi) is 7.50. The van der Waals surface area contributed by atoms with Crippen molar-refractivity contribution in [2.24, 2.45) is 11.3 Å². The number of allylic oxidation sites excluding steroid dienone is 1. The van der Waals surface area contributed by atoms with Gasteiger partial charge in [-0.3, -0.25) is 4.79 Å². The third kappa shape index (κ3) is 9.13. The summed E-state index contributed by atoms with van der Waals surface area (Å²) in [6, 6.07) is 0. The van der Waals surface area contributed by atoms with Crippen LogP contribution in [-0.2, 0) is 14.3 Å². The van der Waals surface area contributed by atoms with Crippen LogP contribution >= 0.6 is 0 Å². The number of carbonyl (C=O) groups excluding carboxylic acids is 1. The minimum Gasteiger partial charge on any atom is -0.457 e. The lowest BCUT2D eigenvalue weighted by molar-refractivity contribution is -0.167. The van der Waals surface area contributed by atoms with Crippen LogP contribution in [0.1, 0.15) is 61.8 Å². The molecule has 0 aromatic carbocycles. The van der Waals surface area contributed by atoms with Crippen LogP contribution in [0.25, 0.3) is 0 Å². The summed E-state index contributed by atoms with van der Waals surface area (Å²) in [6.07, 6.45) is 4.74. The van der Waals surface area contributed by atoms with E-state index in [0.29, 0.717) is 6.61 Å². The zero-order chi connectivity index (χ0) is 16.0. The van der Waals surface area contributed by atoms with E-state index in [0.717, 1.165) is 6.42 Å². The summed E-state index contributed by atoms with van der Waals surface area (Å²) >= 11 is 0. The molecule has 0 aliphatic carbocycles. The second-order valence-electron chi connectivity index (χ2n) is 7.44. The highest BCUT2D eigenvalue weighted by atomic mass is 16.6. The maximum atomic E-state index is 12.3. The molecule has 0 saturated carbocycles. The van der Waals surface area contributed by atoms with Gasteiger partial charge in [0, 0.05) is 0 Å². The van der Waals surface area contributed by atoms with Crippen molar-refractivity contribution in [2.45, 2.75) is 73.5 Å². The van der Waals surface area contributed by atoms with Crippen LogP contribution in [0.5, 0.6) is 0 Å². The van der Waals surface area contributed by atoms with E-state index in [2.05, 4.69) is 20.8 Å².